The molecule has 2 rings (SSSR count). The summed E-state index contributed by atoms with van der Waals surface area (Å²) in [6, 6.07) is 3.40. The third kappa shape index (κ3) is 3.37. The number of carbonyl (C=O) groups excluding carboxylic acids is 1. The smallest absolute Gasteiger partial charge is 0.332 e. The monoisotopic (exact) mass is 336 g/mol. The van der Waals surface area contributed by atoms with Crippen LogP contribution < -0.4 is 22.3 Å². The summed E-state index contributed by atoms with van der Waals surface area (Å²) in [5, 5.41) is 4.33. The minimum atomic E-state index is -0.563. The fraction of sp³-hybridized carbons (Fsp3) is 0.400. The van der Waals surface area contributed by atoms with Gasteiger partial charge in [-0.05, 0) is 24.3 Å². The molecule has 8 heteroatoms. The highest BCUT2D eigenvalue weighted by Gasteiger charge is 2.19. The number of aromatic nitrogens is 2. The molecule has 0 saturated heterocycles. The van der Waals surface area contributed by atoms with Crippen LogP contribution >= 0.6 is 11.3 Å². The number of amides is 1. The number of nitrogens with two attached hydrogens (primary N) is 1. The second-order valence-corrected chi connectivity index (χ2v) is 6.03. The van der Waals surface area contributed by atoms with Gasteiger partial charge in [-0.25, -0.2) is 4.79 Å². The number of anilines is 2. The summed E-state index contributed by atoms with van der Waals surface area (Å²) >= 11 is 1.26. The molecule has 0 atom stereocenters. The molecule has 1 amide bonds. The summed E-state index contributed by atoms with van der Waals surface area (Å²) in [5.41, 5.74) is 4.94. The predicted octanol–water partition coefficient (Wildman–Crippen LogP) is 1.73. The molecular weight excluding hydrogens is 316 g/mol. The molecule has 2 heterocycles. The number of hydrogen-bond acceptors (Lipinski definition) is 5. The van der Waals surface area contributed by atoms with Crippen molar-refractivity contribution in [3.63, 3.8) is 0 Å². The molecule has 7 nitrogen and oxygen atoms in total. The van der Waals surface area contributed by atoms with Crippen LogP contribution in [0.2, 0.25) is 0 Å². The van der Waals surface area contributed by atoms with Crippen molar-refractivity contribution < 1.29 is 4.79 Å². The van der Waals surface area contributed by atoms with Crippen LogP contribution in [0.4, 0.5) is 11.5 Å². The molecule has 0 aliphatic heterocycles. The van der Waals surface area contributed by atoms with E-state index in [1.807, 2.05) is 13.8 Å². The molecule has 0 unspecified atom stereocenters. The van der Waals surface area contributed by atoms with Gasteiger partial charge in [0.15, 0.2) is 0 Å². The molecule has 23 heavy (non-hydrogen) atoms. The fourth-order valence-electron chi connectivity index (χ4n) is 2.28. The van der Waals surface area contributed by atoms with Crippen molar-refractivity contribution in [1.29, 1.82) is 0 Å². The lowest BCUT2D eigenvalue weighted by Crippen LogP contribution is -2.42. The van der Waals surface area contributed by atoms with Crippen LogP contribution in [-0.4, -0.2) is 15.0 Å². The van der Waals surface area contributed by atoms with Crippen LogP contribution in [0.5, 0.6) is 0 Å². The van der Waals surface area contributed by atoms with Gasteiger partial charge in [0.25, 0.3) is 11.5 Å². The molecule has 2 aromatic rings. The lowest BCUT2D eigenvalue weighted by Gasteiger charge is -2.16. The van der Waals surface area contributed by atoms with Crippen molar-refractivity contribution in [2.75, 3.05) is 11.1 Å². The van der Waals surface area contributed by atoms with Crippen LogP contribution in [0.15, 0.2) is 27.1 Å². The zero-order chi connectivity index (χ0) is 17.0. The first-order valence-corrected chi connectivity index (χ1v) is 8.37. The molecule has 124 valence electrons. The summed E-state index contributed by atoms with van der Waals surface area (Å²) in [6.07, 6.45) is 1.32. The van der Waals surface area contributed by atoms with Gasteiger partial charge in [-0.3, -0.25) is 18.7 Å². The van der Waals surface area contributed by atoms with Crippen molar-refractivity contribution >= 4 is 28.7 Å². The van der Waals surface area contributed by atoms with E-state index in [1.165, 1.54) is 15.9 Å². The molecule has 0 aliphatic rings. The summed E-state index contributed by atoms with van der Waals surface area (Å²) in [6.45, 7) is 4.45. The van der Waals surface area contributed by atoms with Crippen molar-refractivity contribution in [2.24, 2.45) is 0 Å². The van der Waals surface area contributed by atoms with Crippen LogP contribution in [0, 0.1) is 0 Å². The van der Waals surface area contributed by atoms with E-state index >= 15 is 0 Å². The van der Waals surface area contributed by atoms with E-state index in [2.05, 4.69) is 5.32 Å². The average Bonchev–Trinajstić information content (AvgIpc) is 3.06. The first-order valence-electron chi connectivity index (χ1n) is 7.49. The molecule has 0 bridgehead atoms. The Kier molecular flexibility index (Phi) is 5.38. The Balaban J connectivity index is 2.55. The zero-order valence-electron chi connectivity index (χ0n) is 13.2. The van der Waals surface area contributed by atoms with E-state index in [4.69, 9.17) is 5.73 Å². The molecule has 0 saturated carbocycles. The van der Waals surface area contributed by atoms with Crippen molar-refractivity contribution in [3.05, 3.63) is 43.2 Å². The lowest BCUT2D eigenvalue weighted by atomic mass is 10.3. The Bertz CT molecular complexity index is 805. The maximum absolute atomic E-state index is 12.5. The Labute approximate surface area is 137 Å². The maximum atomic E-state index is 12.5. The van der Waals surface area contributed by atoms with E-state index in [0.29, 0.717) is 24.3 Å². The topological polar surface area (TPSA) is 99.1 Å². The first-order chi connectivity index (χ1) is 11.0. The minimum absolute atomic E-state index is 0.000825. The molecule has 0 radical (unpaired) electrons. The summed E-state index contributed by atoms with van der Waals surface area (Å²) in [7, 11) is 0. The van der Waals surface area contributed by atoms with E-state index in [9.17, 15) is 14.4 Å². The van der Waals surface area contributed by atoms with Gasteiger partial charge in [0.2, 0.25) is 0 Å². The lowest BCUT2D eigenvalue weighted by molar-refractivity contribution is 0.103. The highest BCUT2D eigenvalue weighted by Crippen LogP contribution is 2.15. The van der Waals surface area contributed by atoms with E-state index in [-0.39, 0.29) is 18.1 Å². The van der Waals surface area contributed by atoms with Gasteiger partial charge in [0, 0.05) is 13.1 Å². The normalized spacial score (nSPS) is 10.7. The Hall–Kier alpha value is -2.35. The minimum Gasteiger partial charge on any atom is -0.383 e. The summed E-state index contributed by atoms with van der Waals surface area (Å²) in [4.78, 5) is 37.6. The summed E-state index contributed by atoms with van der Waals surface area (Å²) < 4.78 is 2.46. The number of nitrogens with one attached hydrogen (secondary N) is 1. The van der Waals surface area contributed by atoms with Gasteiger partial charge >= 0.3 is 5.69 Å². The first kappa shape index (κ1) is 17.0. The molecule has 3 N–H and O–H groups in total. The number of nitrogens with zero attached hydrogens (tertiary/aromatic N) is 2. The molecule has 2 aromatic heterocycles. The molecule has 0 fully saturated rings. The SMILES string of the molecule is CCCn1c(N)c(NC(=O)c2cccs2)c(=O)n(CCC)c1=O. The standard InChI is InChI=1S/C15H20N4O3S/c1-3-7-18-12(16)11(14(21)19(8-4-2)15(18)22)17-13(20)10-6-5-9-23-10/h5-6,9H,3-4,7-8,16H2,1-2H3,(H,17,20). The van der Waals surface area contributed by atoms with Crippen LogP contribution in [0.25, 0.3) is 0 Å². The van der Waals surface area contributed by atoms with Gasteiger partial charge in [0.1, 0.15) is 11.5 Å². The van der Waals surface area contributed by atoms with Crippen molar-refractivity contribution in [1.82, 2.24) is 9.13 Å². The number of thiophene rings is 1. The average molecular weight is 336 g/mol. The summed E-state index contributed by atoms with van der Waals surface area (Å²) in [5.74, 6) is -0.410. The second-order valence-electron chi connectivity index (χ2n) is 5.08. The quantitative estimate of drug-likeness (QED) is 0.839. The highest BCUT2D eigenvalue weighted by atomic mass is 32.1. The van der Waals surface area contributed by atoms with Gasteiger partial charge in [-0.2, -0.15) is 0 Å². The molecule has 0 aliphatic carbocycles. The Morgan fingerprint density at radius 3 is 2.43 bits per heavy atom. The molecule has 0 spiro atoms. The van der Waals surface area contributed by atoms with Crippen LogP contribution in [0.3, 0.4) is 0 Å². The largest absolute Gasteiger partial charge is 0.383 e. The van der Waals surface area contributed by atoms with Crippen molar-refractivity contribution in [3.8, 4) is 0 Å². The highest BCUT2D eigenvalue weighted by molar-refractivity contribution is 7.12. The number of carbonyl (C=O) groups is 1. The molecule has 0 aromatic carbocycles. The van der Waals surface area contributed by atoms with Crippen LogP contribution in [0.1, 0.15) is 36.4 Å². The zero-order valence-corrected chi connectivity index (χ0v) is 14.0. The van der Waals surface area contributed by atoms with Crippen LogP contribution in [-0.2, 0) is 13.1 Å². The number of rotatable bonds is 6. The fourth-order valence-corrected chi connectivity index (χ4v) is 2.89. The third-order valence-electron chi connectivity index (χ3n) is 3.35. The number of nitrogen functional groups attached to an aromatic ring is 1. The van der Waals surface area contributed by atoms with Crippen molar-refractivity contribution in [2.45, 2.75) is 39.8 Å². The van der Waals surface area contributed by atoms with E-state index in [0.717, 1.165) is 4.57 Å². The number of hydrogen-bond donors (Lipinski definition) is 2. The second kappa shape index (κ2) is 7.28. The van der Waals surface area contributed by atoms with E-state index < -0.39 is 17.2 Å². The predicted molar refractivity (Wildman–Crippen MR) is 92.2 cm³/mol. The van der Waals surface area contributed by atoms with Gasteiger partial charge in [-0.1, -0.05) is 19.9 Å². The Morgan fingerprint density at radius 2 is 1.87 bits per heavy atom. The third-order valence-corrected chi connectivity index (χ3v) is 4.21. The maximum Gasteiger partial charge on any atom is 0.332 e. The van der Waals surface area contributed by atoms with Gasteiger partial charge < -0.3 is 11.1 Å². The Morgan fingerprint density at radius 1 is 1.22 bits per heavy atom. The van der Waals surface area contributed by atoms with E-state index in [1.54, 1.807) is 17.5 Å². The van der Waals surface area contributed by atoms with Gasteiger partial charge in [-0.15, -0.1) is 11.3 Å². The van der Waals surface area contributed by atoms with Gasteiger partial charge in [0.05, 0.1) is 4.88 Å². The molecular formula is C15H20N4O3S.